The molecule has 5 nitrogen and oxygen atoms in total. The molecule has 0 spiro atoms. The first-order valence-corrected chi connectivity index (χ1v) is 9.08. The molecule has 122 valence electrons. The molecule has 1 aliphatic rings. The zero-order valence-electron chi connectivity index (χ0n) is 13.7. The summed E-state index contributed by atoms with van der Waals surface area (Å²) in [4.78, 5) is 14.6. The lowest BCUT2D eigenvalue weighted by Gasteiger charge is -2.35. The van der Waals surface area contributed by atoms with Crippen molar-refractivity contribution < 1.29 is 0 Å². The van der Waals surface area contributed by atoms with Crippen molar-refractivity contribution in [2.75, 3.05) is 43.1 Å². The van der Waals surface area contributed by atoms with Crippen molar-refractivity contribution in [3.05, 3.63) is 41.6 Å². The summed E-state index contributed by atoms with van der Waals surface area (Å²) in [7, 11) is 0. The third-order valence-electron chi connectivity index (χ3n) is 4.12. The Morgan fingerprint density at radius 2 is 1.78 bits per heavy atom. The second-order valence-electron chi connectivity index (χ2n) is 5.84. The fourth-order valence-corrected chi connectivity index (χ4v) is 3.27. The first kappa shape index (κ1) is 16.1. The van der Waals surface area contributed by atoms with Gasteiger partial charge >= 0.3 is 0 Å². The minimum absolute atomic E-state index is 0.358. The van der Waals surface area contributed by atoms with Crippen LogP contribution < -0.4 is 10.6 Å². The molecule has 0 unspecified atom stereocenters. The Balaban J connectivity index is 1.57. The van der Waals surface area contributed by atoms with Crippen LogP contribution in [0.3, 0.4) is 0 Å². The van der Waals surface area contributed by atoms with Crippen LogP contribution in [-0.2, 0) is 6.54 Å². The van der Waals surface area contributed by atoms with Gasteiger partial charge < -0.3 is 10.6 Å². The molecule has 6 heteroatoms. The summed E-state index contributed by atoms with van der Waals surface area (Å²) in [5.41, 5.74) is 8.05. The maximum Gasteiger partial charge on any atom is 0.222 e. The van der Waals surface area contributed by atoms with Gasteiger partial charge in [-0.25, -0.2) is 4.98 Å². The highest BCUT2D eigenvalue weighted by atomic mass is 32.2. The van der Waals surface area contributed by atoms with Crippen molar-refractivity contribution in [2.45, 2.75) is 18.4 Å². The molecule has 0 bridgehead atoms. The number of nitrogens with two attached hydrogens (primary N) is 1. The predicted molar refractivity (Wildman–Crippen MR) is 96.9 cm³/mol. The van der Waals surface area contributed by atoms with Crippen LogP contribution in [0, 0.1) is 6.92 Å². The highest BCUT2D eigenvalue weighted by molar-refractivity contribution is 7.98. The van der Waals surface area contributed by atoms with Gasteiger partial charge in [0, 0.05) is 49.4 Å². The van der Waals surface area contributed by atoms with Crippen molar-refractivity contribution in [1.82, 2.24) is 14.9 Å². The van der Waals surface area contributed by atoms with Gasteiger partial charge in [0.15, 0.2) is 0 Å². The van der Waals surface area contributed by atoms with Crippen molar-refractivity contribution in [2.24, 2.45) is 0 Å². The zero-order valence-corrected chi connectivity index (χ0v) is 14.5. The number of hydrogen-bond donors (Lipinski definition) is 1. The second kappa shape index (κ2) is 7.19. The number of nitrogen functional groups attached to an aromatic ring is 1. The summed E-state index contributed by atoms with van der Waals surface area (Å²) < 4.78 is 0. The van der Waals surface area contributed by atoms with Gasteiger partial charge in [-0.1, -0.05) is 12.1 Å². The number of aromatic nitrogens is 2. The van der Waals surface area contributed by atoms with E-state index in [2.05, 4.69) is 50.3 Å². The molecular formula is C17H23N5S. The van der Waals surface area contributed by atoms with Crippen LogP contribution in [0.2, 0.25) is 0 Å². The van der Waals surface area contributed by atoms with Crippen molar-refractivity contribution in [3.63, 3.8) is 0 Å². The monoisotopic (exact) mass is 329 g/mol. The summed E-state index contributed by atoms with van der Waals surface area (Å²) in [5.74, 6) is 1.30. The van der Waals surface area contributed by atoms with Gasteiger partial charge in [0.05, 0.1) is 0 Å². The number of benzene rings is 1. The van der Waals surface area contributed by atoms with E-state index in [4.69, 9.17) is 5.73 Å². The van der Waals surface area contributed by atoms with Gasteiger partial charge in [-0.05, 0) is 30.9 Å². The molecule has 1 fully saturated rings. The third kappa shape index (κ3) is 4.14. The largest absolute Gasteiger partial charge is 0.368 e. The normalized spacial score (nSPS) is 15.8. The molecule has 0 atom stereocenters. The van der Waals surface area contributed by atoms with E-state index in [1.807, 2.05) is 13.0 Å². The molecule has 3 rings (SSSR count). The summed E-state index contributed by atoms with van der Waals surface area (Å²) in [6.45, 7) is 6.97. The van der Waals surface area contributed by atoms with Crippen molar-refractivity contribution in [3.8, 4) is 0 Å². The van der Waals surface area contributed by atoms with Gasteiger partial charge in [-0.15, -0.1) is 11.8 Å². The minimum Gasteiger partial charge on any atom is -0.368 e. The number of hydrogen-bond acceptors (Lipinski definition) is 6. The number of anilines is 2. The average Bonchev–Trinajstić information content (AvgIpc) is 2.55. The summed E-state index contributed by atoms with van der Waals surface area (Å²) in [6, 6.07) is 10.9. The molecule has 0 saturated carbocycles. The quantitative estimate of drug-likeness (QED) is 0.869. The first-order valence-electron chi connectivity index (χ1n) is 7.85. The van der Waals surface area contributed by atoms with Gasteiger partial charge in [0.25, 0.3) is 0 Å². The second-order valence-corrected chi connectivity index (χ2v) is 6.72. The van der Waals surface area contributed by atoms with Crippen LogP contribution >= 0.6 is 11.8 Å². The SMILES string of the molecule is CSc1ccc(CN2CCN(c3cc(C)nc(N)n3)CC2)cc1. The predicted octanol–water partition coefficient (Wildman–Crippen LogP) is 2.41. The van der Waals surface area contributed by atoms with Crippen molar-refractivity contribution in [1.29, 1.82) is 0 Å². The highest BCUT2D eigenvalue weighted by Gasteiger charge is 2.18. The van der Waals surface area contributed by atoms with Crippen LogP contribution in [0.25, 0.3) is 0 Å². The van der Waals surface area contributed by atoms with Gasteiger partial charge in [0.1, 0.15) is 5.82 Å². The van der Waals surface area contributed by atoms with E-state index in [0.29, 0.717) is 5.95 Å². The zero-order chi connectivity index (χ0) is 16.2. The van der Waals surface area contributed by atoms with E-state index >= 15 is 0 Å². The lowest BCUT2D eigenvalue weighted by molar-refractivity contribution is 0.249. The number of rotatable bonds is 4. The van der Waals surface area contributed by atoms with Crippen LogP contribution in [0.1, 0.15) is 11.3 Å². The first-order chi connectivity index (χ1) is 11.1. The Bertz CT molecular complexity index is 630. The summed E-state index contributed by atoms with van der Waals surface area (Å²) in [6.07, 6.45) is 2.11. The van der Waals surface area contributed by atoms with Crippen LogP contribution in [0.15, 0.2) is 35.2 Å². The van der Waals surface area contributed by atoms with Crippen LogP contribution in [-0.4, -0.2) is 47.3 Å². The van der Waals surface area contributed by atoms with Gasteiger partial charge in [0.2, 0.25) is 5.95 Å². The fourth-order valence-electron chi connectivity index (χ4n) is 2.86. The molecule has 1 saturated heterocycles. The Hall–Kier alpha value is -1.79. The summed E-state index contributed by atoms with van der Waals surface area (Å²) in [5, 5.41) is 0. The van der Waals surface area contributed by atoms with E-state index in [9.17, 15) is 0 Å². The van der Waals surface area contributed by atoms with E-state index in [1.165, 1.54) is 10.5 Å². The number of thioether (sulfide) groups is 1. The third-order valence-corrected chi connectivity index (χ3v) is 4.86. The van der Waals surface area contributed by atoms with Gasteiger partial charge in [-0.3, -0.25) is 4.90 Å². The molecule has 0 aliphatic carbocycles. The lowest BCUT2D eigenvalue weighted by Crippen LogP contribution is -2.46. The topological polar surface area (TPSA) is 58.3 Å². The molecule has 2 aromatic rings. The Labute approximate surface area is 141 Å². The molecule has 2 N–H and O–H groups in total. The molecule has 23 heavy (non-hydrogen) atoms. The fraction of sp³-hybridized carbons (Fsp3) is 0.412. The van der Waals surface area contributed by atoms with E-state index < -0.39 is 0 Å². The Kier molecular flexibility index (Phi) is 5.03. The standard InChI is InChI=1S/C17H23N5S/c1-13-11-16(20-17(18)19-13)22-9-7-21(8-10-22)12-14-3-5-15(23-2)6-4-14/h3-6,11H,7-10,12H2,1-2H3,(H2,18,19,20). The highest BCUT2D eigenvalue weighted by Crippen LogP contribution is 2.18. The average molecular weight is 329 g/mol. The minimum atomic E-state index is 0.358. The molecule has 1 aromatic heterocycles. The summed E-state index contributed by atoms with van der Waals surface area (Å²) >= 11 is 1.78. The molecule has 0 radical (unpaired) electrons. The Morgan fingerprint density at radius 3 is 2.39 bits per heavy atom. The van der Waals surface area contributed by atoms with Crippen molar-refractivity contribution >= 4 is 23.5 Å². The smallest absolute Gasteiger partial charge is 0.222 e. The van der Waals surface area contributed by atoms with Crippen LogP contribution in [0.4, 0.5) is 11.8 Å². The Morgan fingerprint density at radius 1 is 1.09 bits per heavy atom. The number of aryl methyl sites for hydroxylation is 1. The lowest BCUT2D eigenvalue weighted by atomic mass is 10.2. The molecule has 1 aliphatic heterocycles. The van der Waals surface area contributed by atoms with E-state index in [1.54, 1.807) is 11.8 Å². The number of piperazine rings is 1. The van der Waals surface area contributed by atoms with E-state index in [-0.39, 0.29) is 0 Å². The number of nitrogens with zero attached hydrogens (tertiary/aromatic N) is 4. The van der Waals surface area contributed by atoms with Gasteiger partial charge in [-0.2, -0.15) is 4.98 Å². The molecule has 0 amide bonds. The molecular weight excluding hydrogens is 306 g/mol. The van der Waals surface area contributed by atoms with E-state index in [0.717, 1.165) is 44.2 Å². The van der Waals surface area contributed by atoms with Crippen LogP contribution in [0.5, 0.6) is 0 Å². The molecule has 2 heterocycles. The maximum atomic E-state index is 5.76. The molecule has 1 aromatic carbocycles. The maximum absolute atomic E-state index is 5.76.